The highest BCUT2D eigenvalue weighted by Gasteiger charge is 2.28. The summed E-state index contributed by atoms with van der Waals surface area (Å²) in [6, 6.07) is -1.00. The van der Waals surface area contributed by atoms with E-state index in [1.165, 1.54) is 109 Å². The predicted octanol–water partition coefficient (Wildman–Crippen LogP) is 9.23. The van der Waals surface area contributed by atoms with Crippen LogP contribution in [-0.2, 0) is 4.79 Å². The van der Waals surface area contributed by atoms with E-state index in [1.54, 1.807) is 0 Å². The van der Waals surface area contributed by atoms with Gasteiger partial charge < -0.3 is 25.7 Å². The van der Waals surface area contributed by atoms with E-state index < -0.39 is 36.9 Å². The molecule has 0 radical (unpaired) electrons. The zero-order chi connectivity index (χ0) is 33.2. The lowest BCUT2D eigenvalue weighted by Gasteiger charge is -2.27. The number of rotatable bonds is 34. The van der Waals surface area contributed by atoms with Gasteiger partial charge in [0.15, 0.2) is 0 Å². The first kappa shape index (κ1) is 43.8. The van der Waals surface area contributed by atoms with Gasteiger partial charge in [0.25, 0.3) is 0 Å². The molecule has 0 rings (SSSR count). The van der Waals surface area contributed by atoms with Crippen LogP contribution < -0.4 is 5.32 Å². The van der Waals surface area contributed by atoms with Crippen molar-refractivity contribution in [2.45, 2.75) is 212 Å². The zero-order valence-electron chi connectivity index (χ0n) is 29.6. The van der Waals surface area contributed by atoms with Gasteiger partial charge in [-0.05, 0) is 57.8 Å². The quantitative estimate of drug-likeness (QED) is 0.0357. The van der Waals surface area contributed by atoms with Gasteiger partial charge in [-0.1, -0.05) is 154 Å². The minimum Gasteiger partial charge on any atom is -0.394 e. The van der Waals surface area contributed by atoms with Gasteiger partial charge in [-0.25, -0.2) is 0 Å². The summed E-state index contributed by atoms with van der Waals surface area (Å²) in [4.78, 5) is 12.4. The summed E-state index contributed by atoms with van der Waals surface area (Å²) < 4.78 is 0. The molecule has 4 atom stereocenters. The largest absolute Gasteiger partial charge is 0.394 e. The van der Waals surface area contributed by atoms with Gasteiger partial charge in [-0.2, -0.15) is 0 Å². The zero-order valence-corrected chi connectivity index (χ0v) is 29.6. The topological polar surface area (TPSA) is 110 Å². The van der Waals surface area contributed by atoms with Gasteiger partial charge in [0.1, 0.15) is 12.2 Å². The van der Waals surface area contributed by atoms with E-state index in [9.17, 15) is 25.2 Å². The van der Waals surface area contributed by atoms with Crippen LogP contribution in [0.25, 0.3) is 0 Å². The average molecular weight is 638 g/mol. The number of allylic oxidation sites excluding steroid dienone is 4. The molecule has 0 saturated heterocycles. The molecular weight excluding hydrogens is 562 g/mol. The fourth-order valence-corrected chi connectivity index (χ4v) is 5.74. The van der Waals surface area contributed by atoms with E-state index in [1.807, 2.05) is 0 Å². The third kappa shape index (κ3) is 28.7. The van der Waals surface area contributed by atoms with E-state index >= 15 is 0 Å². The van der Waals surface area contributed by atoms with Crippen molar-refractivity contribution in [3.8, 4) is 0 Å². The van der Waals surface area contributed by atoms with Crippen molar-refractivity contribution in [1.82, 2.24) is 5.32 Å². The first-order valence-electron chi connectivity index (χ1n) is 19.2. The number of unbranched alkanes of at least 4 members (excludes halogenated alkanes) is 21. The Bertz CT molecular complexity index is 682. The Hall–Kier alpha value is -1.21. The van der Waals surface area contributed by atoms with Gasteiger partial charge >= 0.3 is 0 Å². The molecule has 0 aliphatic heterocycles. The van der Waals surface area contributed by atoms with Crippen LogP contribution >= 0.6 is 0 Å². The average Bonchev–Trinajstić information content (AvgIpc) is 3.04. The van der Waals surface area contributed by atoms with Crippen LogP contribution in [0.4, 0.5) is 0 Å². The third-order valence-electron chi connectivity index (χ3n) is 8.88. The van der Waals surface area contributed by atoms with Gasteiger partial charge in [-0.3, -0.25) is 4.79 Å². The van der Waals surface area contributed by atoms with Gasteiger partial charge in [0.2, 0.25) is 5.91 Å². The smallest absolute Gasteiger partial charge is 0.249 e. The van der Waals surface area contributed by atoms with E-state index in [2.05, 4.69) is 43.5 Å². The first-order chi connectivity index (χ1) is 22.0. The summed E-state index contributed by atoms with van der Waals surface area (Å²) >= 11 is 0. The fourth-order valence-electron chi connectivity index (χ4n) is 5.74. The Morgan fingerprint density at radius 3 is 1.40 bits per heavy atom. The van der Waals surface area contributed by atoms with Crippen LogP contribution in [0.2, 0.25) is 0 Å². The molecule has 0 heterocycles. The molecule has 4 unspecified atom stereocenters. The molecule has 0 aliphatic rings. The summed E-state index contributed by atoms with van der Waals surface area (Å²) in [5, 5.41) is 43.3. The number of carbonyl (C=O) groups excluding carboxylic acids is 1. The van der Waals surface area contributed by atoms with Crippen molar-refractivity contribution in [2.24, 2.45) is 0 Å². The molecule has 5 N–H and O–H groups in total. The number of hydrogen-bond donors (Lipinski definition) is 5. The number of amides is 1. The molecule has 6 heteroatoms. The monoisotopic (exact) mass is 638 g/mol. The van der Waals surface area contributed by atoms with Crippen molar-refractivity contribution >= 4 is 5.91 Å². The molecular formula is C39H75NO5. The minimum absolute atomic E-state index is 0.341. The molecule has 6 nitrogen and oxygen atoms in total. The van der Waals surface area contributed by atoms with E-state index in [4.69, 9.17) is 0 Å². The number of aliphatic hydroxyl groups is 4. The van der Waals surface area contributed by atoms with Crippen molar-refractivity contribution in [3.05, 3.63) is 24.3 Å². The molecule has 0 aromatic heterocycles. The minimum atomic E-state index is -1.28. The van der Waals surface area contributed by atoms with E-state index in [0.717, 1.165) is 51.4 Å². The molecule has 0 aromatic carbocycles. The second kappa shape index (κ2) is 34.1. The Morgan fingerprint density at radius 1 is 0.533 bits per heavy atom. The molecule has 45 heavy (non-hydrogen) atoms. The second-order valence-electron chi connectivity index (χ2n) is 13.3. The van der Waals surface area contributed by atoms with E-state index in [0.29, 0.717) is 12.8 Å². The lowest BCUT2D eigenvalue weighted by atomic mass is 10.00. The predicted molar refractivity (Wildman–Crippen MR) is 191 cm³/mol. The molecule has 0 aromatic rings. The SMILES string of the molecule is CCCC/C=C\CCCCCC(O)C(=O)NC(CO)C(O)C(O)CCC/C=C/CCCCCCCCCCCCCCCCC. The standard InChI is InChI=1S/C39H75NO5/c1-3-5-7-9-11-13-14-15-16-17-18-19-20-21-22-23-25-26-28-30-32-36(42)38(44)35(34-41)40-39(45)37(43)33-31-29-27-24-12-10-8-6-4-2/h10,12,25-26,35-38,41-44H,3-9,11,13-24,27-34H2,1-2H3,(H,40,45)/b12-10-,26-25+. The normalized spacial score (nSPS) is 14.7. The molecule has 1 amide bonds. The lowest BCUT2D eigenvalue weighted by Crippen LogP contribution is -2.53. The first-order valence-corrected chi connectivity index (χ1v) is 19.2. The maximum atomic E-state index is 12.4. The summed E-state index contributed by atoms with van der Waals surface area (Å²) in [6.07, 6.45) is 36.5. The fraction of sp³-hybridized carbons (Fsp3) is 0.872. The molecule has 266 valence electrons. The van der Waals surface area contributed by atoms with Crippen molar-refractivity contribution in [2.75, 3.05) is 6.61 Å². The Kier molecular flexibility index (Phi) is 33.2. The van der Waals surface area contributed by atoms with Crippen LogP contribution in [0, 0.1) is 0 Å². The third-order valence-corrected chi connectivity index (χ3v) is 8.88. The Labute approximate surface area is 278 Å². The number of aliphatic hydroxyl groups excluding tert-OH is 4. The van der Waals surface area contributed by atoms with E-state index in [-0.39, 0.29) is 0 Å². The molecule has 0 spiro atoms. The summed E-state index contributed by atoms with van der Waals surface area (Å²) in [6.45, 7) is 3.96. The van der Waals surface area contributed by atoms with Crippen LogP contribution in [0.3, 0.4) is 0 Å². The second-order valence-corrected chi connectivity index (χ2v) is 13.3. The van der Waals surface area contributed by atoms with Crippen molar-refractivity contribution in [3.63, 3.8) is 0 Å². The highest BCUT2D eigenvalue weighted by Crippen LogP contribution is 2.15. The molecule has 0 fully saturated rings. The van der Waals surface area contributed by atoms with Gasteiger partial charge in [0.05, 0.1) is 18.8 Å². The molecule has 0 aliphatic carbocycles. The maximum Gasteiger partial charge on any atom is 0.249 e. The van der Waals surface area contributed by atoms with Crippen LogP contribution in [0.15, 0.2) is 24.3 Å². The van der Waals surface area contributed by atoms with Crippen LogP contribution in [0.5, 0.6) is 0 Å². The number of hydrogen-bond acceptors (Lipinski definition) is 5. The Balaban J connectivity index is 3.79. The maximum absolute atomic E-state index is 12.4. The number of nitrogens with one attached hydrogen (secondary N) is 1. The van der Waals surface area contributed by atoms with Crippen LogP contribution in [0.1, 0.15) is 187 Å². The Morgan fingerprint density at radius 2 is 0.933 bits per heavy atom. The van der Waals surface area contributed by atoms with Crippen molar-refractivity contribution < 1.29 is 25.2 Å². The summed E-state index contributed by atoms with van der Waals surface area (Å²) in [5.74, 6) is -0.610. The summed E-state index contributed by atoms with van der Waals surface area (Å²) in [5.41, 5.74) is 0. The van der Waals surface area contributed by atoms with Crippen LogP contribution in [-0.4, -0.2) is 57.3 Å². The summed E-state index contributed by atoms with van der Waals surface area (Å²) in [7, 11) is 0. The van der Waals surface area contributed by atoms with Gasteiger partial charge in [0, 0.05) is 0 Å². The van der Waals surface area contributed by atoms with Gasteiger partial charge in [-0.15, -0.1) is 0 Å². The highest BCUT2D eigenvalue weighted by atomic mass is 16.3. The van der Waals surface area contributed by atoms with Crippen molar-refractivity contribution in [1.29, 1.82) is 0 Å². The molecule has 0 bridgehead atoms. The number of carbonyl (C=O) groups is 1. The highest BCUT2D eigenvalue weighted by molar-refractivity contribution is 5.80. The lowest BCUT2D eigenvalue weighted by molar-refractivity contribution is -0.132. The molecule has 0 saturated carbocycles.